The van der Waals surface area contributed by atoms with Crippen LogP contribution in [-0.4, -0.2) is 18.9 Å². The third kappa shape index (κ3) is 2.95. The summed E-state index contributed by atoms with van der Waals surface area (Å²) in [5, 5.41) is 14.2. The van der Waals surface area contributed by atoms with E-state index >= 15 is 0 Å². The van der Waals surface area contributed by atoms with E-state index in [-0.39, 0.29) is 12.3 Å². The second kappa shape index (κ2) is 5.32. The van der Waals surface area contributed by atoms with Gasteiger partial charge in [-0.1, -0.05) is 12.1 Å². The minimum absolute atomic E-state index is 0.218. The second-order valence-electron chi connectivity index (χ2n) is 3.76. The first-order chi connectivity index (χ1) is 8.29. The monoisotopic (exact) mass is 231 g/mol. The summed E-state index contributed by atoms with van der Waals surface area (Å²) in [5.74, 6) is 0. The molecule has 17 heavy (non-hydrogen) atoms. The van der Waals surface area contributed by atoms with Crippen LogP contribution in [0.25, 0.3) is 0 Å². The van der Waals surface area contributed by atoms with Crippen molar-refractivity contribution in [2.75, 3.05) is 11.9 Å². The number of anilines is 1. The average Bonchev–Trinajstić information content (AvgIpc) is 2.82. The van der Waals surface area contributed by atoms with E-state index in [1.54, 1.807) is 24.3 Å². The van der Waals surface area contributed by atoms with Gasteiger partial charge in [0.2, 0.25) is 0 Å². The van der Waals surface area contributed by atoms with Crippen LogP contribution in [0.15, 0.2) is 24.3 Å². The molecule has 1 atom stereocenters. The first-order valence-corrected chi connectivity index (χ1v) is 5.48. The van der Waals surface area contributed by atoms with Gasteiger partial charge in [0.15, 0.2) is 0 Å². The summed E-state index contributed by atoms with van der Waals surface area (Å²) in [6.07, 6.45) is 1.57. The number of hydrogen-bond acceptors (Lipinski definition) is 3. The molecular formula is C12H13N3O2. The number of rotatable bonds is 2. The zero-order valence-corrected chi connectivity index (χ0v) is 9.27. The third-order valence-corrected chi connectivity index (χ3v) is 2.52. The maximum Gasteiger partial charge on any atom is 0.321 e. The van der Waals surface area contributed by atoms with Crippen LogP contribution in [0, 0.1) is 11.3 Å². The maximum atomic E-state index is 11.6. The molecule has 1 aromatic carbocycles. The Hall–Kier alpha value is -2.06. The molecular weight excluding hydrogens is 218 g/mol. The fourth-order valence-electron chi connectivity index (χ4n) is 1.69. The Labute approximate surface area is 99.4 Å². The molecule has 1 saturated heterocycles. The topological polar surface area (TPSA) is 74.2 Å². The summed E-state index contributed by atoms with van der Waals surface area (Å²) in [4.78, 5) is 11.6. The Bertz CT molecular complexity index is 447. The standard InChI is InChI=1S/C12H13N3O2/c13-8-9-4-1-2-5-10(9)14-12(16)15-11-6-3-7-17-11/h1-2,4-5,11H,3,6-7H2,(H2,14,15,16). The summed E-state index contributed by atoms with van der Waals surface area (Å²) in [5.41, 5.74) is 0.945. The molecule has 5 nitrogen and oxygen atoms in total. The van der Waals surface area contributed by atoms with Gasteiger partial charge in [-0.25, -0.2) is 4.79 Å². The number of hydrogen-bond donors (Lipinski definition) is 2. The van der Waals surface area contributed by atoms with Crippen LogP contribution in [0.2, 0.25) is 0 Å². The molecule has 1 aromatic rings. The molecule has 2 amide bonds. The van der Waals surface area contributed by atoms with Gasteiger partial charge in [0.1, 0.15) is 12.3 Å². The molecule has 5 heteroatoms. The summed E-state index contributed by atoms with van der Waals surface area (Å²) in [6.45, 7) is 0.680. The summed E-state index contributed by atoms with van der Waals surface area (Å²) < 4.78 is 5.28. The van der Waals surface area contributed by atoms with Crippen molar-refractivity contribution >= 4 is 11.7 Å². The highest BCUT2D eigenvalue weighted by Gasteiger charge is 2.17. The van der Waals surface area contributed by atoms with Crippen molar-refractivity contribution in [3.05, 3.63) is 29.8 Å². The number of carbonyl (C=O) groups is 1. The van der Waals surface area contributed by atoms with Crippen LogP contribution in [0.3, 0.4) is 0 Å². The molecule has 2 rings (SSSR count). The van der Waals surface area contributed by atoms with Gasteiger partial charge in [-0.15, -0.1) is 0 Å². The third-order valence-electron chi connectivity index (χ3n) is 2.52. The van der Waals surface area contributed by atoms with Gasteiger partial charge in [-0.2, -0.15) is 5.26 Å². The van der Waals surface area contributed by atoms with Crippen LogP contribution in [0.1, 0.15) is 18.4 Å². The van der Waals surface area contributed by atoms with Crippen molar-refractivity contribution in [2.45, 2.75) is 19.1 Å². The minimum atomic E-state index is -0.348. The van der Waals surface area contributed by atoms with Crippen LogP contribution in [0.5, 0.6) is 0 Å². The van der Waals surface area contributed by atoms with Gasteiger partial charge >= 0.3 is 6.03 Å². The van der Waals surface area contributed by atoms with E-state index in [0.29, 0.717) is 17.9 Å². The van der Waals surface area contributed by atoms with E-state index in [1.165, 1.54) is 0 Å². The highest BCUT2D eigenvalue weighted by molar-refractivity contribution is 5.90. The normalized spacial score (nSPS) is 18.4. The van der Waals surface area contributed by atoms with Crippen molar-refractivity contribution in [1.82, 2.24) is 5.32 Å². The maximum absolute atomic E-state index is 11.6. The van der Waals surface area contributed by atoms with Crippen molar-refractivity contribution < 1.29 is 9.53 Å². The molecule has 0 aromatic heterocycles. The molecule has 1 aliphatic rings. The van der Waals surface area contributed by atoms with E-state index in [4.69, 9.17) is 10.00 Å². The first-order valence-electron chi connectivity index (χ1n) is 5.48. The smallest absolute Gasteiger partial charge is 0.321 e. The van der Waals surface area contributed by atoms with Crippen molar-refractivity contribution in [1.29, 1.82) is 5.26 Å². The highest BCUT2D eigenvalue weighted by Crippen LogP contribution is 2.14. The molecule has 1 fully saturated rings. The summed E-state index contributed by atoms with van der Waals surface area (Å²) in [7, 11) is 0. The summed E-state index contributed by atoms with van der Waals surface area (Å²) >= 11 is 0. The lowest BCUT2D eigenvalue weighted by Crippen LogP contribution is -2.37. The van der Waals surface area contributed by atoms with E-state index in [9.17, 15) is 4.79 Å². The van der Waals surface area contributed by atoms with E-state index in [1.807, 2.05) is 6.07 Å². The number of nitriles is 1. The van der Waals surface area contributed by atoms with E-state index in [0.717, 1.165) is 12.8 Å². The van der Waals surface area contributed by atoms with E-state index in [2.05, 4.69) is 10.6 Å². The highest BCUT2D eigenvalue weighted by atomic mass is 16.5. The number of nitrogens with zero attached hydrogens (tertiary/aromatic N) is 1. The Morgan fingerprint density at radius 1 is 1.47 bits per heavy atom. The molecule has 1 unspecified atom stereocenters. The van der Waals surface area contributed by atoms with Crippen molar-refractivity contribution in [3.8, 4) is 6.07 Å². The number of urea groups is 1. The van der Waals surface area contributed by atoms with Gasteiger partial charge < -0.3 is 15.4 Å². The molecule has 0 aliphatic carbocycles. The van der Waals surface area contributed by atoms with Crippen LogP contribution in [-0.2, 0) is 4.74 Å². The Morgan fingerprint density at radius 3 is 3.00 bits per heavy atom. The fraction of sp³-hybridized carbons (Fsp3) is 0.333. The molecule has 0 radical (unpaired) electrons. The number of nitrogens with one attached hydrogen (secondary N) is 2. The molecule has 1 aliphatic heterocycles. The Morgan fingerprint density at radius 2 is 2.29 bits per heavy atom. The lowest BCUT2D eigenvalue weighted by Gasteiger charge is -2.13. The second-order valence-corrected chi connectivity index (χ2v) is 3.76. The molecule has 0 bridgehead atoms. The molecule has 0 saturated carbocycles. The zero-order chi connectivity index (χ0) is 12.1. The molecule has 1 heterocycles. The van der Waals surface area contributed by atoms with Crippen molar-refractivity contribution in [3.63, 3.8) is 0 Å². The molecule has 0 spiro atoms. The molecule has 88 valence electrons. The number of carbonyl (C=O) groups excluding carboxylic acids is 1. The minimum Gasteiger partial charge on any atom is -0.358 e. The quantitative estimate of drug-likeness (QED) is 0.815. The van der Waals surface area contributed by atoms with Gasteiger partial charge in [0.05, 0.1) is 11.3 Å². The van der Waals surface area contributed by atoms with Crippen LogP contribution < -0.4 is 10.6 Å². The van der Waals surface area contributed by atoms with Crippen molar-refractivity contribution in [2.24, 2.45) is 0 Å². The SMILES string of the molecule is N#Cc1ccccc1NC(=O)NC1CCCO1. The van der Waals surface area contributed by atoms with Gasteiger partial charge in [-0.05, 0) is 25.0 Å². The van der Waals surface area contributed by atoms with Gasteiger partial charge in [0.25, 0.3) is 0 Å². The lowest BCUT2D eigenvalue weighted by atomic mass is 10.2. The zero-order valence-electron chi connectivity index (χ0n) is 9.27. The van der Waals surface area contributed by atoms with Gasteiger partial charge in [-0.3, -0.25) is 0 Å². The number of para-hydroxylation sites is 1. The predicted octanol–water partition coefficient (Wildman–Crippen LogP) is 1.82. The van der Waals surface area contributed by atoms with E-state index < -0.39 is 0 Å². The lowest BCUT2D eigenvalue weighted by molar-refractivity contribution is 0.0928. The Kier molecular flexibility index (Phi) is 3.58. The fourth-order valence-corrected chi connectivity index (χ4v) is 1.69. The Balaban J connectivity index is 1.95. The number of benzene rings is 1. The largest absolute Gasteiger partial charge is 0.358 e. The first kappa shape index (κ1) is 11.4. The average molecular weight is 231 g/mol. The van der Waals surface area contributed by atoms with Crippen LogP contribution >= 0.6 is 0 Å². The predicted molar refractivity (Wildman–Crippen MR) is 62.3 cm³/mol. The van der Waals surface area contributed by atoms with Crippen LogP contribution in [0.4, 0.5) is 10.5 Å². The number of amides is 2. The van der Waals surface area contributed by atoms with Gasteiger partial charge in [0, 0.05) is 6.61 Å². The number of ether oxygens (including phenoxy) is 1. The molecule has 2 N–H and O–H groups in total. The summed E-state index contributed by atoms with van der Waals surface area (Å²) in [6, 6.07) is 8.53.